The summed E-state index contributed by atoms with van der Waals surface area (Å²) >= 11 is 0. The molecule has 9 aromatic rings. The predicted molar refractivity (Wildman–Crippen MR) is 164 cm³/mol. The van der Waals surface area contributed by atoms with E-state index in [9.17, 15) is 0 Å². The first-order valence-electron chi connectivity index (χ1n) is 13.7. The van der Waals surface area contributed by atoms with Crippen LogP contribution in [0.4, 0.5) is 0 Å². The van der Waals surface area contributed by atoms with Crippen molar-refractivity contribution in [1.29, 1.82) is 0 Å². The SMILES string of the molecule is CC(C)c1cccc(-c2cc3c4cc5ccccc5cc4n4c3c(c2)n2c3cc5ccccc5cc3nc24)c1. The van der Waals surface area contributed by atoms with E-state index in [4.69, 9.17) is 4.98 Å². The van der Waals surface area contributed by atoms with Crippen LogP contribution in [-0.2, 0) is 0 Å². The van der Waals surface area contributed by atoms with Gasteiger partial charge in [0.2, 0.25) is 5.78 Å². The van der Waals surface area contributed by atoms with E-state index in [1.54, 1.807) is 0 Å². The van der Waals surface area contributed by atoms with Gasteiger partial charge in [-0.3, -0.25) is 8.80 Å². The standard InChI is InChI=1S/C36H25N3/c1-21(2)22-12-7-13-23(14-22)28-16-30-29-15-24-8-3-5-10-26(24)18-32(29)39-35(30)34(20-28)38-33-19-27-11-6-4-9-25(27)17-31(33)37-36(38)39/h3-21H,1-2H3. The molecule has 0 bridgehead atoms. The van der Waals surface area contributed by atoms with Crippen molar-refractivity contribution in [1.82, 2.24) is 13.8 Å². The lowest BCUT2D eigenvalue weighted by Gasteiger charge is -2.09. The second-order valence-corrected chi connectivity index (χ2v) is 11.2. The molecule has 0 unspecified atom stereocenters. The summed E-state index contributed by atoms with van der Waals surface area (Å²) in [6.07, 6.45) is 0. The summed E-state index contributed by atoms with van der Waals surface area (Å²) in [5, 5.41) is 7.51. The van der Waals surface area contributed by atoms with Crippen LogP contribution in [0.1, 0.15) is 25.3 Å². The fraction of sp³-hybridized carbons (Fsp3) is 0.0833. The van der Waals surface area contributed by atoms with E-state index >= 15 is 0 Å². The first-order chi connectivity index (χ1) is 19.1. The molecule has 0 atom stereocenters. The zero-order chi connectivity index (χ0) is 25.8. The van der Waals surface area contributed by atoms with Crippen LogP contribution in [0.3, 0.4) is 0 Å². The Bertz CT molecular complexity index is 2420. The Morgan fingerprint density at radius 3 is 1.97 bits per heavy atom. The van der Waals surface area contributed by atoms with Gasteiger partial charge in [0.05, 0.1) is 27.6 Å². The lowest BCUT2D eigenvalue weighted by Crippen LogP contribution is -1.89. The molecule has 9 rings (SSSR count). The maximum absolute atomic E-state index is 5.25. The van der Waals surface area contributed by atoms with Crippen LogP contribution in [0.25, 0.3) is 76.8 Å². The van der Waals surface area contributed by atoms with Gasteiger partial charge in [-0.15, -0.1) is 0 Å². The number of aromatic nitrogens is 3. The lowest BCUT2D eigenvalue weighted by molar-refractivity contribution is 0.867. The quantitative estimate of drug-likeness (QED) is 0.232. The van der Waals surface area contributed by atoms with Gasteiger partial charge >= 0.3 is 0 Å². The van der Waals surface area contributed by atoms with Gasteiger partial charge in [0.1, 0.15) is 0 Å². The van der Waals surface area contributed by atoms with Crippen LogP contribution in [-0.4, -0.2) is 13.8 Å². The summed E-state index contributed by atoms with van der Waals surface area (Å²) in [6.45, 7) is 4.52. The van der Waals surface area contributed by atoms with Crippen molar-refractivity contribution in [2.45, 2.75) is 19.8 Å². The number of benzene rings is 6. The topological polar surface area (TPSA) is 21.7 Å². The average Bonchev–Trinajstić information content (AvgIpc) is 3.59. The van der Waals surface area contributed by atoms with Crippen LogP contribution >= 0.6 is 0 Å². The minimum atomic E-state index is 0.481. The summed E-state index contributed by atoms with van der Waals surface area (Å²) < 4.78 is 4.75. The Hall–Kier alpha value is -4.89. The van der Waals surface area contributed by atoms with Crippen molar-refractivity contribution >= 4 is 65.7 Å². The number of rotatable bonds is 2. The van der Waals surface area contributed by atoms with Crippen molar-refractivity contribution < 1.29 is 0 Å². The molecular weight excluding hydrogens is 474 g/mol. The van der Waals surface area contributed by atoms with E-state index in [0.29, 0.717) is 5.92 Å². The van der Waals surface area contributed by atoms with Gasteiger partial charge in [-0.25, -0.2) is 4.98 Å². The van der Waals surface area contributed by atoms with Crippen molar-refractivity contribution in [2.75, 3.05) is 0 Å². The fourth-order valence-electron chi connectivity index (χ4n) is 6.57. The first kappa shape index (κ1) is 21.1. The molecule has 3 heteroatoms. The first-order valence-corrected chi connectivity index (χ1v) is 13.7. The Kier molecular flexibility index (Phi) is 3.98. The van der Waals surface area contributed by atoms with E-state index in [1.807, 2.05) is 0 Å². The second-order valence-electron chi connectivity index (χ2n) is 11.2. The minimum absolute atomic E-state index is 0.481. The molecule has 6 aromatic carbocycles. The lowest BCUT2D eigenvalue weighted by atomic mass is 9.96. The largest absolute Gasteiger partial charge is 0.277 e. The molecule has 39 heavy (non-hydrogen) atoms. The molecule has 0 spiro atoms. The van der Waals surface area contributed by atoms with E-state index < -0.39 is 0 Å². The highest BCUT2D eigenvalue weighted by atomic mass is 15.2. The minimum Gasteiger partial charge on any atom is -0.277 e. The molecular formula is C36H25N3. The van der Waals surface area contributed by atoms with Gasteiger partial charge in [0.15, 0.2) is 0 Å². The van der Waals surface area contributed by atoms with Crippen LogP contribution in [0.5, 0.6) is 0 Å². The van der Waals surface area contributed by atoms with Gasteiger partial charge < -0.3 is 0 Å². The van der Waals surface area contributed by atoms with Crippen molar-refractivity contribution in [3.05, 3.63) is 115 Å². The maximum atomic E-state index is 5.25. The van der Waals surface area contributed by atoms with Crippen LogP contribution in [0, 0.1) is 0 Å². The molecule has 0 N–H and O–H groups in total. The zero-order valence-corrected chi connectivity index (χ0v) is 21.8. The molecule has 0 aliphatic carbocycles. The number of nitrogens with zero attached hydrogens (tertiary/aromatic N) is 3. The highest BCUT2D eigenvalue weighted by Gasteiger charge is 2.22. The smallest absolute Gasteiger partial charge is 0.220 e. The summed E-state index contributed by atoms with van der Waals surface area (Å²) in [5.74, 6) is 1.45. The fourth-order valence-corrected chi connectivity index (χ4v) is 6.57. The Labute approximate surface area is 224 Å². The Morgan fingerprint density at radius 2 is 1.23 bits per heavy atom. The van der Waals surface area contributed by atoms with Crippen molar-refractivity contribution in [3.8, 4) is 11.1 Å². The van der Waals surface area contributed by atoms with E-state index in [-0.39, 0.29) is 0 Å². The summed E-state index contributed by atoms with van der Waals surface area (Å²) in [4.78, 5) is 5.25. The third kappa shape index (κ3) is 2.79. The third-order valence-electron chi connectivity index (χ3n) is 8.54. The normalized spacial score (nSPS) is 12.6. The van der Waals surface area contributed by atoms with E-state index in [0.717, 1.165) is 16.8 Å². The molecule has 3 aromatic heterocycles. The molecule has 0 amide bonds. The number of hydrogen-bond donors (Lipinski definition) is 0. The molecule has 3 heterocycles. The number of hydrogen-bond acceptors (Lipinski definition) is 1. The summed E-state index contributed by atoms with van der Waals surface area (Å²) in [5.41, 5.74) is 9.67. The third-order valence-corrected chi connectivity index (χ3v) is 8.54. The van der Waals surface area contributed by atoms with Crippen LogP contribution in [0.2, 0.25) is 0 Å². The summed E-state index contributed by atoms with van der Waals surface area (Å²) in [7, 11) is 0. The number of imidazole rings is 2. The van der Waals surface area contributed by atoms with Crippen LogP contribution < -0.4 is 0 Å². The monoisotopic (exact) mass is 499 g/mol. The molecule has 0 fully saturated rings. The van der Waals surface area contributed by atoms with Crippen molar-refractivity contribution in [3.63, 3.8) is 0 Å². The second kappa shape index (κ2) is 7.36. The zero-order valence-electron chi connectivity index (χ0n) is 21.8. The molecule has 0 saturated heterocycles. The average molecular weight is 500 g/mol. The van der Waals surface area contributed by atoms with Gasteiger partial charge in [-0.1, -0.05) is 86.6 Å². The van der Waals surface area contributed by atoms with E-state index in [1.165, 1.54) is 65.6 Å². The van der Waals surface area contributed by atoms with Gasteiger partial charge in [0, 0.05) is 10.8 Å². The van der Waals surface area contributed by atoms with Gasteiger partial charge in [-0.2, -0.15) is 0 Å². The molecule has 0 saturated carbocycles. The number of fused-ring (bicyclic) bond motifs is 10. The van der Waals surface area contributed by atoms with Crippen LogP contribution in [0.15, 0.2) is 109 Å². The Morgan fingerprint density at radius 1 is 0.538 bits per heavy atom. The predicted octanol–water partition coefficient (Wildman–Crippen LogP) is 9.58. The molecule has 0 aliphatic rings. The van der Waals surface area contributed by atoms with Gasteiger partial charge in [0.25, 0.3) is 0 Å². The molecule has 184 valence electrons. The van der Waals surface area contributed by atoms with E-state index in [2.05, 4.69) is 132 Å². The molecule has 0 radical (unpaired) electrons. The molecule has 0 aliphatic heterocycles. The van der Waals surface area contributed by atoms with Gasteiger partial charge in [-0.05, 0) is 80.6 Å². The molecule has 3 nitrogen and oxygen atoms in total. The maximum Gasteiger partial charge on any atom is 0.220 e. The Balaban J connectivity index is 1.50. The summed E-state index contributed by atoms with van der Waals surface area (Å²) in [6, 6.07) is 40.2. The highest BCUT2D eigenvalue weighted by molar-refractivity contribution is 6.20. The highest BCUT2D eigenvalue weighted by Crippen LogP contribution is 2.41. The van der Waals surface area contributed by atoms with Crippen molar-refractivity contribution in [2.24, 2.45) is 0 Å².